The number of nitrogens with one attached hydrogen (secondary N) is 1. The number of hydrogen-bond donors (Lipinski definition) is 2. The Morgan fingerprint density at radius 2 is 2.33 bits per heavy atom. The fourth-order valence-corrected chi connectivity index (χ4v) is 2.71. The van der Waals surface area contributed by atoms with Crippen LogP contribution in [0.4, 0.5) is 5.82 Å². The van der Waals surface area contributed by atoms with Gasteiger partial charge in [-0.25, -0.2) is 9.78 Å². The number of anilines is 1. The van der Waals surface area contributed by atoms with Gasteiger partial charge in [-0.2, -0.15) is 0 Å². The van der Waals surface area contributed by atoms with Crippen molar-refractivity contribution in [3.8, 4) is 0 Å². The normalized spacial score (nSPS) is 23.0. The lowest BCUT2D eigenvalue weighted by Crippen LogP contribution is -2.16. The zero-order chi connectivity index (χ0) is 13.1. The lowest BCUT2D eigenvalue weighted by atomic mass is 10.1. The van der Waals surface area contributed by atoms with Crippen molar-refractivity contribution in [2.24, 2.45) is 11.8 Å². The summed E-state index contributed by atoms with van der Waals surface area (Å²) < 4.78 is 0. The van der Waals surface area contributed by atoms with Crippen LogP contribution in [0.15, 0.2) is 12.3 Å². The SMILES string of the molecule is Cc1ccnc(NCC2CCC(C)C2)c1C(=O)O. The van der Waals surface area contributed by atoms with E-state index in [-0.39, 0.29) is 0 Å². The van der Waals surface area contributed by atoms with Crippen LogP contribution in [0, 0.1) is 18.8 Å². The maximum Gasteiger partial charge on any atom is 0.339 e. The molecular weight excluding hydrogens is 228 g/mol. The summed E-state index contributed by atoms with van der Waals surface area (Å²) in [6.45, 7) is 4.89. The van der Waals surface area contributed by atoms with Crippen LogP contribution in [0.25, 0.3) is 0 Å². The molecule has 0 amide bonds. The van der Waals surface area contributed by atoms with E-state index < -0.39 is 5.97 Å². The van der Waals surface area contributed by atoms with Crippen molar-refractivity contribution in [3.05, 3.63) is 23.4 Å². The first-order chi connectivity index (χ1) is 8.58. The Balaban J connectivity index is 2.05. The molecule has 1 aliphatic rings. The van der Waals surface area contributed by atoms with Crippen molar-refractivity contribution < 1.29 is 9.90 Å². The Bertz CT molecular complexity index is 445. The second kappa shape index (κ2) is 5.38. The van der Waals surface area contributed by atoms with Crippen LogP contribution in [0.3, 0.4) is 0 Å². The van der Waals surface area contributed by atoms with Crippen LogP contribution in [0.5, 0.6) is 0 Å². The van der Waals surface area contributed by atoms with Gasteiger partial charge in [-0.3, -0.25) is 0 Å². The van der Waals surface area contributed by atoms with E-state index in [4.69, 9.17) is 0 Å². The van der Waals surface area contributed by atoms with Gasteiger partial charge in [-0.1, -0.05) is 13.3 Å². The molecule has 0 aromatic carbocycles. The van der Waals surface area contributed by atoms with E-state index >= 15 is 0 Å². The molecule has 0 saturated heterocycles. The van der Waals surface area contributed by atoms with Crippen molar-refractivity contribution in [3.63, 3.8) is 0 Å². The minimum atomic E-state index is -0.914. The molecule has 1 aromatic rings. The van der Waals surface area contributed by atoms with Crippen LogP contribution in [0.1, 0.15) is 42.1 Å². The van der Waals surface area contributed by atoms with Gasteiger partial charge in [-0.05, 0) is 43.2 Å². The summed E-state index contributed by atoms with van der Waals surface area (Å²) in [7, 11) is 0. The maximum atomic E-state index is 11.2. The van der Waals surface area contributed by atoms with Crippen molar-refractivity contribution in [1.29, 1.82) is 0 Å². The lowest BCUT2D eigenvalue weighted by molar-refractivity contribution is 0.0697. The highest BCUT2D eigenvalue weighted by Crippen LogP contribution is 2.30. The van der Waals surface area contributed by atoms with Crippen molar-refractivity contribution >= 4 is 11.8 Å². The number of aryl methyl sites for hydroxylation is 1. The largest absolute Gasteiger partial charge is 0.478 e. The molecule has 2 unspecified atom stereocenters. The second-order valence-corrected chi connectivity index (χ2v) is 5.32. The minimum Gasteiger partial charge on any atom is -0.478 e. The number of aromatic nitrogens is 1. The Kier molecular flexibility index (Phi) is 3.84. The number of hydrogen-bond acceptors (Lipinski definition) is 3. The highest BCUT2D eigenvalue weighted by atomic mass is 16.4. The molecule has 0 spiro atoms. The monoisotopic (exact) mass is 248 g/mol. The van der Waals surface area contributed by atoms with Crippen molar-refractivity contribution in [2.75, 3.05) is 11.9 Å². The molecule has 2 N–H and O–H groups in total. The maximum absolute atomic E-state index is 11.2. The molecular formula is C14H20N2O2. The summed E-state index contributed by atoms with van der Waals surface area (Å²) in [5, 5.41) is 12.4. The van der Waals surface area contributed by atoms with Gasteiger partial charge in [0.15, 0.2) is 0 Å². The number of carboxylic acid groups (broad SMARTS) is 1. The minimum absolute atomic E-state index is 0.295. The standard InChI is InChI=1S/C14H20N2O2/c1-9-3-4-11(7-9)8-16-13-12(14(17)18)10(2)5-6-15-13/h5-6,9,11H,3-4,7-8H2,1-2H3,(H,15,16)(H,17,18). The van der Waals surface area contributed by atoms with E-state index in [9.17, 15) is 9.90 Å². The first-order valence-electron chi connectivity index (χ1n) is 6.50. The van der Waals surface area contributed by atoms with E-state index in [0.717, 1.165) is 18.0 Å². The van der Waals surface area contributed by atoms with Gasteiger partial charge in [0.05, 0.1) is 0 Å². The average Bonchev–Trinajstić information content (AvgIpc) is 2.72. The molecule has 1 fully saturated rings. The molecule has 18 heavy (non-hydrogen) atoms. The van der Waals surface area contributed by atoms with Gasteiger partial charge in [0.1, 0.15) is 11.4 Å². The van der Waals surface area contributed by atoms with Crippen LogP contribution < -0.4 is 5.32 Å². The molecule has 0 aliphatic heterocycles. The van der Waals surface area contributed by atoms with Crippen molar-refractivity contribution in [1.82, 2.24) is 4.98 Å². The first kappa shape index (κ1) is 12.9. The quantitative estimate of drug-likeness (QED) is 0.860. The van der Waals surface area contributed by atoms with E-state index in [1.54, 1.807) is 19.2 Å². The van der Waals surface area contributed by atoms with Crippen LogP contribution >= 0.6 is 0 Å². The third kappa shape index (κ3) is 2.81. The zero-order valence-electron chi connectivity index (χ0n) is 10.9. The Labute approximate surface area is 107 Å². The fourth-order valence-electron chi connectivity index (χ4n) is 2.71. The van der Waals surface area contributed by atoms with Crippen molar-refractivity contribution in [2.45, 2.75) is 33.1 Å². The molecule has 1 aromatic heterocycles. The molecule has 2 atom stereocenters. The molecule has 0 radical (unpaired) electrons. The van der Waals surface area contributed by atoms with Gasteiger partial charge in [0.2, 0.25) is 0 Å². The summed E-state index contributed by atoms with van der Waals surface area (Å²) in [5.74, 6) is 1.02. The number of rotatable bonds is 4. The number of carbonyl (C=O) groups is 1. The number of aromatic carboxylic acids is 1. The Morgan fingerprint density at radius 1 is 1.56 bits per heavy atom. The van der Waals surface area contributed by atoms with E-state index in [0.29, 0.717) is 17.3 Å². The summed E-state index contributed by atoms with van der Waals surface area (Å²) in [6.07, 6.45) is 5.38. The smallest absolute Gasteiger partial charge is 0.339 e. The molecule has 98 valence electrons. The first-order valence-corrected chi connectivity index (χ1v) is 6.50. The van der Waals surface area contributed by atoms with E-state index in [2.05, 4.69) is 17.2 Å². The van der Waals surface area contributed by atoms with Crippen LogP contribution in [-0.2, 0) is 0 Å². The molecule has 2 rings (SSSR count). The number of nitrogens with zero attached hydrogens (tertiary/aromatic N) is 1. The van der Waals surface area contributed by atoms with E-state index in [1.807, 2.05) is 0 Å². The van der Waals surface area contributed by atoms with Gasteiger partial charge in [-0.15, -0.1) is 0 Å². The molecule has 4 nitrogen and oxygen atoms in total. The summed E-state index contributed by atoms with van der Waals surface area (Å²) >= 11 is 0. The van der Waals surface area contributed by atoms with E-state index in [1.165, 1.54) is 19.3 Å². The Hall–Kier alpha value is -1.58. The fraction of sp³-hybridized carbons (Fsp3) is 0.571. The number of carboxylic acids is 1. The molecule has 1 heterocycles. The molecule has 1 aliphatic carbocycles. The molecule has 0 bridgehead atoms. The molecule has 1 saturated carbocycles. The Morgan fingerprint density at radius 3 is 2.94 bits per heavy atom. The highest BCUT2D eigenvalue weighted by Gasteiger charge is 2.22. The number of pyridine rings is 1. The van der Waals surface area contributed by atoms with Gasteiger partial charge in [0.25, 0.3) is 0 Å². The molecule has 4 heteroatoms. The zero-order valence-corrected chi connectivity index (χ0v) is 10.9. The summed E-state index contributed by atoms with van der Waals surface area (Å²) in [6, 6.07) is 1.73. The average molecular weight is 248 g/mol. The summed E-state index contributed by atoms with van der Waals surface area (Å²) in [4.78, 5) is 15.4. The second-order valence-electron chi connectivity index (χ2n) is 5.32. The topological polar surface area (TPSA) is 62.2 Å². The lowest BCUT2D eigenvalue weighted by Gasteiger charge is -2.14. The third-order valence-electron chi connectivity index (χ3n) is 3.73. The highest BCUT2D eigenvalue weighted by molar-refractivity contribution is 5.94. The van der Waals surface area contributed by atoms with Crippen LogP contribution in [-0.4, -0.2) is 22.6 Å². The summed E-state index contributed by atoms with van der Waals surface area (Å²) in [5.41, 5.74) is 1.04. The van der Waals surface area contributed by atoms with Crippen LogP contribution in [0.2, 0.25) is 0 Å². The van der Waals surface area contributed by atoms with Gasteiger partial charge >= 0.3 is 5.97 Å². The van der Waals surface area contributed by atoms with Gasteiger partial charge in [0, 0.05) is 12.7 Å². The predicted molar refractivity (Wildman–Crippen MR) is 70.9 cm³/mol. The third-order valence-corrected chi connectivity index (χ3v) is 3.73. The predicted octanol–water partition coefficient (Wildman–Crippen LogP) is 2.94. The van der Waals surface area contributed by atoms with Gasteiger partial charge < -0.3 is 10.4 Å².